The number of rotatable bonds is 4. The number of nitro benzene ring substituents is 1. The van der Waals surface area contributed by atoms with Gasteiger partial charge in [0.2, 0.25) is 0 Å². The maximum absolute atomic E-state index is 13.8. The lowest BCUT2D eigenvalue weighted by molar-refractivity contribution is -0.384. The van der Waals surface area contributed by atoms with Crippen LogP contribution in [0.4, 0.5) is 11.4 Å². The van der Waals surface area contributed by atoms with Crippen molar-refractivity contribution in [1.82, 2.24) is 15.4 Å². The quantitative estimate of drug-likeness (QED) is 0.448. The molecule has 3 aromatic rings. The van der Waals surface area contributed by atoms with Crippen molar-refractivity contribution >= 4 is 28.3 Å². The summed E-state index contributed by atoms with van der Waals surface area (Å²) in [5, 5.41) is 10.9. The number of fused-ring (bicyclic) bond motifs is 6. The van der Waals surface area contributed by atoms with Gasteiger partial charge in [0.05, 0.1) is 33.0 Å². The summed E-state index contributed by atoms with van der Waals surface area (Å²) in [4.78, 5) is 34.3. The van der Waals surface area contributed by atoms with Crippen LogP contribution in [0.1, 0.15) is 56.1 Å². The summed E-state index contributed by atoms with van der Waals surface area (Å²) >= 11 is 0. The van der Waals surface area contributed by atoms with E-state index in [9.17, 15) is 14.9 Å². The molecule has 8 heteroatoms. The van der Waals surface area contributed by atoms with Crippen molar-refractivity contribution in [2.45, 2.75) is 58.3 Å². The highest BCUT2D eigenvalue weighted by molar-refractivity contribution is 5.93. The van der Waals surface area contributed by atoms with Crippen LogP contribution in [0.25, 0.3) is 11.0 Å². The Morgan fingerprint density at radius 2 is 1.55 bits per heavy atom. The Labute approximate surface area is 191 Å². The summed E-state index contributed by atoms with van der Waals surface area (Å²) in [6.07, 6.45) is 1.53. The molecule has 2 aliphatic rings. The normalized spacial score (nSPS) is 24.5. The molecule has 2 unspecified atom stereocenters. The molecular weight excluding hydrogens is 418 g/mol. The second-order valence-corrected chi connectivity index (χ2v) is 10.1. The predicted octanol–water partition coefficient (Wildman–Crippen LogP) is 4.63. The molecule has 0 saturated heterocycles. The van der Waals surface area contributed by atoms with Gasteiger partial charge in [0.15, 0.2) is 0 Å². The number of aromatic nitrogens is 2. The lowest BCUT2D eigenvalue weighted by Crippen LogP contribution is -2.52. The van der Waals surface area contributed by atoms with Crippen LogP contribution in [0.5, 0.6) is 0 Å². The average molecular weight is 446 g/mol. The molecule has 8 nitrogen and oxygen atoms in total. The Hall–Kier alpha value is -3.55. The number of nitrogens with zero attached hydrogens (tertiary/aromatic N) is 3. The van der Waals surface area contributed by atoms with Gasteiger partial charge in [-0.25, -0.2) is 9.97 Å². The lowest BCUT2D eigenvalue weighted by Gasteiger charge is -2.39. The number of hydrogen-bond acceptors (Lipinski definition) is 6. The Bertz CT molecular complexity index is 1330. The Morgan fingerprint density at radius 1 is 0.970 bits per heavy atom. The van der Waals surface area contributed by atoms with E-state index in [0.717, 1.165) is 34.4 Å². The third-order valence-corrected chi connectivity index (χ3v) is 8.44. The van der Waals surface area contributed by atoms with Crippen LogP contribution in [0.15, 0.2) is 36.4 Å². The van der Waals surface area contributed by atoms with Crippen molar-refractivity contribution in [1.29, 1.82) is 0 Å². The monoisotopic (exact) mass is 445 g/mol. The molecular formula is C25H27N5O3. The fraction of sp³-hybridized carbons (Fsp3) is 0.400. The molecule has 1 amide bonds. The molecule has 2 atom stereocenters. The van der Waals surface area contributed by atoms with Gasteiger partial charge in [-0.3, -0.25) is 25.8 Å². The van der Waals surface area contributed by atoms with Crippen LogP contribution in [-0.4, -0.2) is 20.8 Å². The summed E-state index contributed by atoms with van der Waals surface area (Å²) < 4.78 is 0. The minimum Gasteiger partial charge on any atom is -0.299 e. The SMILES string of the molecule is Cc1cc2nc3c(nc2cc1C)C1(C(=O)NNc2ccc([N+](=O)[O-])cc2)CCC3(C)C1(C)C. The molecule has 5 rings (SSSR count). The van der Waals surface area contributed by atoms with E-state index in [4.69, 9.17) is 9.97 Å². The number of hydrazine groups is 1. The van der Waals surface area contributed by atoms with Crippen LogP contribution < -0.4 is 10.9 Å². The largest absolute Gasteiger partial charge is 0.299 e. The second-order valence-electron chi connectivity index (χ2n) is 10.1. The van der Waals surface area contributed by atoms with Gasteiger partial charge in [-0.2, -0.15) is 0 Å². The zero-order chi connectivity index (χ0) is 23.8. The molecule has 0 radical (unpaired) electrons. The van der Waals surface area contributed by atoms with E-state index in [-0.39, 0.29) is 17.0 Å². The van der Waals surface area contributed by atoms with Gasteiger partial charge in [-0.05, 0) is 67.5 Å². The van der Waals surface area contributed by atoms with Crippen molar-refractivity contribution < 1.29 is 9.72 Å². The molecule has 170 valence electrons. The summed E-state index contributed by atoms with van der Waals surface area (Å²) in [6.45, 7) is 10.6. The van der Waals surface area contributed by atoms with Gasteiger partial charge < -0.3 is 0 Å². The summed E-state index contributed by atoms with van der Waals surface area (Å²) in [6, 6.07) is 10.1. The summed E-state index contributed by atoms with van der Waals surface area (Å²) in [5.74, 6) is -0.161. The highest BCUT2D eigenvalue weighted by atomic mass is 16.6. The first-order valence-electron chi connectivity index (χ1n) is 11.1. The molecule has 2 aromatic carbocycles. The molecule has 33 heavy (non-hydrogen) atoms. The topological polar surface area (TPSA) is 110 Å². The number of nitrogens with one attached hydrogen (secondary N) is 2. The van der Waals surface area contributed by atoms with E-state index in [1.165, 1.54) is 17.7 Å². The van der Waals surface area contributed by atoms with Crippen molar-refractivity contribution in [3.05, 3.63) is 69.0 Å². The molecule has 0 aliphatic heterocycles. The van der Waals surface area contributed by atoms with Crippen molar-refractivity contribution in [2.24, 2.45) is 5.41 Å². The highest BCUT2D eigenvalue weighted by Gasteiger charge is 2.73. The van der Waals surface area contributed by atoms with Crippen LogP contribution in [0.3, 0.4) is 0 Å². The van der Waals surface area contributed by atoms with E-state index in [1.54, 1.807) is 12.1 Å². The van der Waals surface area contributed by atoms with Gasteiger partial charge in [-0.15, -0.1) is 0 Å². The third kappa shape index (κ3) is 2.66. The Morgan fingerprint density at radius 3 is 2.12 bits per heavy atom. The van der Waals surface area contributed by atoms with Crippen LogP contribution in [0, 0.1) is 29.4 Å². The van der Waals surface area contributed by atoms with E-state index < -0.39 is 15.8 Å². The highest BCUT2D eigenvalue weighted by Crippen LogP contribution is 2.70. The smallest absolute Gasteiger partial charge is 0.269 e. The lowest BCUT2D eigenvalue weighted by atomic mass is 9.63. The van der Waals surface area contributed by atoms with Crippen LogP contribution in [0.2, 0.25) is 0 Å². The van der Waals surface area contributed by atoms with E-state index in [0.29, 0.717) is 12.1 Å². The number of amides is 1. The van der Waals surface area contributed by atoms with Gasteiger partial charge >= 0.3 is 0 Å². The van der Waals surface area contributed by atoms with Gasteiger partial charge in [-0.1, -0.05) is 20.8 Å². The number of carbonyl (C=O) groups is 1. The van der Waals surface area contributed by atoms with Crippen molar-refractivity contribution in [3.8, 4) is 0 Å². The third-order valence-electron chi connectivity index (χ3n) is 8.44. The molecule has 2 N–H and O–H groups in total. The number of nitro groups is 1. The molecule has 1 fully saturated rings. The van der Waals surface area contributed by atoms with Crippen molar-refractivity contribution in [2.75, 3.05) is 5.43 Å². The molecule has 0 spiro atoms. The number of carbonyl (C=O) groups excluding carboxylic acids is 1. The van der Waals surface area contributed by atoms with E-state index in [1.807, 2.05) is 6.07 Å². The van der Waals surface area contributed by atoms with E-state index in [2.05, 4.69) is 51.5 Å². The maximum Gasteiger partial charge on any atom is 0.269 e. The van der Waals surface area contributed by atoms with Crippen molar-refractivity contribution in [3.63, 3.8) is 0 Å². The number of anilines is 1. The zero-order valence-electron chi connectivity index (χ0n) is 19.4. The molecule has 1 saturated carbocycles. The number of aryl methyl sites for hydroxylation is 2. The molecule has 2 aliphatic carbocycles. The Kier molecular flexibility index (Phi) is 4.34. The standard InChI is InChI=1S/C25H27N5O3/c1-14-12-18-19(13-15(14)2)27-21-20(26-18)24(5)10-11-25(21,23(24,3)4)22(31)29-28-16-6-8-17(9-7-16)30(32)33/h6-9,12-13,28H,10-11H2,1-5H3,(H,29,31). The maximum atomic E-state index is 13.8. The van der Waals surface area contributed by atoms with Crippen LogP contribution >= 0.6 is 0 Å². The summed E-state index contributed by atoms with van der Waals surface area (Å²) in [7, 11) is 0. The van der Waals surface area contributed by atoms with Gasteiger partial charge in [0.1, 0.15) is 5.41 Å². The second kappa shape index (κ2) is 6.73. The fourth-order valence-electron chi connectivity index (χ4n) is 5.76. The first-order valence-corrected chi connectivity index (χ1v) is 11.1. The first kappa shape index (κ1) is 21.3. The Balaban J connectivity index is 1.55. The van der Waals surface area contributed by atoms with Gasteiger partial charge in [0.25, 0.3) is 11.6 Å². The molecule has 1 heterocycles. The minimum absolute atomic E-state index is 0.00411. The number of benzene rings is 2. The first-order chi connectivity index (χ1) is 15.5. The van der Waals surface area contributed by atoms with E-state index >= 15 is 0 Å². The zero-order valence-corrected chi connectivity index (χ0v) is 19.4. The molecule has 1 aromatic heterocycles. The summed E-state index contributed by atoms with van der Waals surface area (Å²) in [5.41, 5.74) is 10.5. The predicted molar refractivity (Wildman–Crippen MR) is 126 cm³/mol. The average Bonchev–Trinajstić information content (AvgIpc) is 3.07. The fourth-order valence-corrected chi connectivity index (χ4v) is 5.76. The number of hydrogen-bond donors (Lipinski definition) is 2. The number of non-ortho nitro benzene ring substituents is 1. The minimum atomic E-state index is -0.829. The van der Waals surface area contributed by atoms with Gasteiger partial charge in [0, 0.05) is 17.5 Å². The molecule has 2 bridgehead atoms. The van der Waals surface area contributed by atoms with Crippen LogP contribution in [-0.2, 0) is 15.6 Å².